The molecule has 0 aliphatic rings. The van der Waals surface area contributed by atoms with Crippen molar-refractivity contribution in [3.05, 3.63) is 61.9 Å². The molecule has 0 bridgehead atoms. The van der Waals surface area contributed by atoms with Crippen molar-refractivity contribution < 1.29 is 4.79 Å². The Labute approximate surface area is 179 Å². The zero-order chi connectivity index (χ0) is 22.2. The number of carbonyl (C=O) groups is 1. The lowest BCUT2D eigenvalue weighted by Crippen LogP contribution is -2.37. The quantitative estimate of drug-likeness (QED) is 0.634. The monoisotopic (exact) mass is 426 g/mol. The SMILES string of the molecule is Cc1ccc(C)c(NC(=O)CSc2c(C(C)C)cnc3c2c(=O)n(C)c(=O)n3C)c1. The number of aryl methyl sites for hydroxylation is 3. The van der Waals surface area contributed by atoms with Gasteiger partial charge in [-0.15, -0.1) is 11.8 Å². The van der Waals surface area contributed by atoms with Crippen molar-refractivity contribution in [1.82, 2.24) is 14.1 Å². The topological polar surface area (TPSA) is 86.0 Å². The molecule has 8 heteroatoms. The van der Waals surface area contributed by atoms with Gasteiger partial charge in [-0.1, -0.05) is 26.0 Å². The highest BCUT2D eigenvalue weighted by molar-refractivity contribution is 8.00. The van der Waals surface area contributed by atoms with Crippen molar-refractivity contribution in [3.63, 3.8) is 0 Å². The van der Waals surface area contributed by atoms with Gasteiger partial charge in [-0.2, -0.15) is 0 Å². The van der Waals surface area contributed by atoms with Gasteiger partial charge in [0.15, 0.2) is 0 Å². The Morgan fingerprint density at radius 2 is 1.87 bits per heavy atom. The van der Waals surface area contributed by atoms with Crippen LogP contribution in [0.5, 0.6) is 0 Å². The van der Waals surface area contributed by atoms with Crippen LogP contribution in [0, 0.1) is 13.8 Å². The van der Waals surface area contributed by atoms with E-state index in [0.717, 1.165) is 26.9 Å². The van der Waals surface area contributed by atoms with Gasteiger partial charge in [0.2, 0.25) is 5.91 Å². The highest BCUT2D eigenvalue weighted by atomic mass is 32.2. The number of anilines is 1. The first-order valence-corrected chi connectivity index (χ1v) is 10.7. The lowest BCUT2D eigenvalue weighted by atomic mass is 10.0. The number of nitrogens with zero attached hydrogens (tertiary/aromatic N) is 3. The second-order valence-electron chi connectivity index (χ2n) is 7.76. The van der Waals surface area contributed by atoms with Gasteiger partial charge in [-0.25, -0.2) is 9.78 Å². The van der Waals surface area contributed by atoms with Crippen LogP contribution in [0.1, 0.15) is 36.5 Å². The minimum atomic E-state index is -0.430. The Morgan fingerprint density at radius 1 is 1.17 bits per heavy atom. The average molecular weight is 427 g/mol. The Kier molecular flexibility index (Phi) is 6.17. The Bertz CT molecular complexity index is 1260. The van der Waals surface area contributed by atoms with Crippen LogP contribution in [0.15, 0.2) is 38.9 Å². The Hall–Kier alpha value is -2.87. The van der Waals surface area contributed by atoms with E-state index in [-0.39, 0.29) is 17.6 Å². The molecular weight excluding hydrogens is 400 g/mol. The third kappa shape index (κ3) is 4.05. The predicted molar refractivity (Wildman–Crippen MR) is 122 cm³/mol. The zero-order valence-electron chi connectivity index (χ0n) is 18.1. The number of amides is 1. The first kappa shape index (κ1) is 21.8. The molecule has 7 nitrogen and oxygen atoms in total. The van der Waals surface area contributed by atoms with E-state index < -0.39 is 11.2 Å². The summed E-state index contributed by atoms with van der Waals surface area (Å²) in [4.78, 5) is 42.9. The van der Waals surface area contributed by atoms with E-state index in [1.165, 1.54) is 23.4 Å². The van der Waals surface area contributed by atoms with Gasteiger partial charge in [-0.05, 0) is 42.5 Å². The van der Waals surface area contributed by atoms with E-state index in [1.807, 2.05) is 45.9 Å². The molecule has 3 aromatic rings. The largest absolute Gasteiger partial charge is 0.332 e. The minimum Gasteiger partial charge on any atom is -0.325 e. The van der Waals surface area contributed by atoms with Crippen LogP contribution < -0.4 is 16.6 Å². The first-order valence-electron chi connectivity index (χ1n) is 9.70. The van der Waals surface area contributed by atoms with Gasteiger partial charge >= 0.3 is 5.69 Å². The third-order valence-corrected chi connectivity index (χ3v) is 6.22. The number of hydrogen-bond donors (Lipinski definition) is 1. The molecule has 3 rings (SSSR count). The predicted octanol–water partition coefficient (Wildman–Crippen LogP) is 3.10. The normalized spacial score (nSPS) is 11.3. The molecule has 0 saturated heterocycles. The first-order chi connectivity index (χ1) is 14.1. The number of thioether (sulfide) groups is 1. The van der Waals surface area contributed by atoms with Crippen molar-refractivity contribution >= 4 is 34.4 Å². The molecule has 2 aromatic heterocycles. The van der Waals surface area contributed by atoms with Crippen molar-refractivity contribution in [2.45, 2.75) is 38.5 Å². The third-order valence-electron chi connectivity index (χ3n) is 5.09. The molecule has 0 aliphatic heterocycles. The number of fused-ring (bicyclic) bond motifs is 1. The molecule has 0 fully saturated rings. The van der Waals surface area contributed by atoms with Crippen molar-refractivity contribution in [3.8, 4) is 0 Å². The highest BCUT2D eigenvalue weighted by Gasteiger charge is 2.20. The molecule has 0 saturated carbocycles. The summed E-state index contributed by atoms with van der Waals surface area (Å²) in [6, 6.07) is 5.90. The van der Waals surface area contributed by atoms with Gasteiger partial charge in [0.05, 0.1) is 11.1 Å². The molecule has 30 heavy (non-hydrogen) atoms. The van der Waals surface area contributed by atoms with E-state index in [4.69, 9.17) is 0 Å². The van der Waals surface area contributed by atoms with E-state index in [2.05, 4.69) is 10.3 Å². The van der Waals surface area contributed by atoms with Crippen LogP contribution in [0.4, 0.5) is 5.69 Å². The molecule has 1 N–H and O–H groups in total. The number of pyridine rings is 1. The summed E-state index contributed by atoms with van der Waals surface area (Å²) in [7, 11) is 3.04. The highest BCUT2D eigenvalue weighted by Crippen LogP contribution is 2.32. The fourth-order valence-electron chi connectivity index (χ4n) is 3.28. The number of nitrogens with one attached hydrogen (secondary N) is 1. The van der Waals surface area contributed by atoms with Crippen LogP contribution >= 0.6 is 11.8 Å². The van der Waals surface area contributed by atoms with E-state index in [0.29, 0.717) is 15.9 Å². The summed E-state index contributed by atoms with van der Waals surface area (Å²) in [5.41, 5.74) is 3.20. The Morgan fingerprint density at radius 3 is 2.53 bits per heavy atom. The number of benzene rings is 1. The number of rotatable bonds is 5. The number of aromatic nitrogens is 3. The fourth-order valence-corrected chi connectivity index (χ4v) is 4.40. The molecule has 158 valence electrons. The number of carbonyl (C=O) groups excluding carboxylic acids is 1. The molecular formula is C22H26N4O3S. The molecule has 0 spiro atoms. The van der Waals surface area contributed by atoms with Crippen LogP contribution in [-0.4, -0.2) is 25.8 Å². The smallest absolute Gasteiger partial charge is 0.325 e. The summed E-state index contributed by atoms with van der Waals surface area (Å²) in [5, 5.41) is 3.32. The summed E-state index contributed by atoms with van der Waals surface area (Å²) in [6.07, 6.45) is 1.69. The lowest BCUT2D eigenvalue weighted by Gasteiger charge is -2.16. The lowest BCUT2D eigenvalue weighted by molar-refractivity contribution is -0.113. The van der Waals surface area contributed by atoms with Gasteiger partial charge in [0.25, 0.3) is 5.56 Å². The molecule has 0 atom stereocenters. The minimum absolute atomic E-state index is 0.105. The van der Waals surface area contributed by atoms with Crippen molar-refractivity contribution in [2.24, 2.45) is 14.1 Å². The van der Waals surface area contributed by atoms with Crippen LogP contribution in [-0.2, 0) is 18.9 Å². The van der Waals surface area contributed by atoms with E-state index in [1.54, 1.807) is 13.2 Å². The molecule has 0 radical (unpaired) electrons. The van der Waals surface area contributed by atoms with E-state index in [9.17, 15) is 14.4 Å². The average Bonchev–Trinajstić information content (AvgIpc) is 2.70. The van der Waals surface area contributed by atoms with Crippen molar-refractivity contribution in [2.75, 3.05) is 11.1 Å². The van der Waals surface area contributed by atoms with Gasteiger partial charge in [0.1, 0.15) is 5.65 Å². The molecule has 1 amide bonds. The van der Waals surface area contributed by atoms with Crippen LogP contribution in [0.3, 0.4) is 0 Å². The maximum atomic E-state index is 12.9. The summed E-state index contributed by atoms with van der Waals surface area (Å²) < 4.78 is 2.44. The number of hydrogen-bond acceptors (Lipinski definition) is 5. The van der Waals surface area contributed by atoms with Crippen LogP contribution in [0.25, 0.3) is 11.0 Å². The van der Waals surface area contributed by atoms with Crippen molar-refractivity contribution in [1.29, 1.82) is 0 Å². The van der Waals surface area contributed by atoms with Gasteiger partial charge in [-0.3, -0.25) is 18.7 Å². The van der Waals surface area contributed by atoms with Gasteiger partial charge in [0, 0.05) is 30.9 Å². The Balaban J connectivity index is 2.01. The molecule has 1 aromatic carbocycles. The van der Waals surface area contributed by atoms with Gasteiger partial charge < -0.3 is 5.32 Å². The molecule has 0 unspecified atom stereocenters. The molecule has 2 heterocycles. The second-order valence-corrected chi connectivity index (χ2v) is 8.74. The molecule has 0 aliphatic carbocycles. The summed E-state index contributed by atoms with van der Waals surface area (Å²) >= 11 is 1.30. The maximum absolute atomic E-state index is 12.9. The summed E-state index contributed by atoms with van der Waals surface area (Å²) in [6.45, 7) is 7.94. The van der Waals surface area contributed by atoms with E-state index >= 15 is 0 Å². The van der Waals surface area contributed by atoms with Crippen LogP contribution in [0.2, 0.25) is 0 Å². The second kappa shape index (κ2) is 8.47. The summed E-state index contributed by atoms with van der Waals surface area (Å²) in [5.74, 6) is 0.0847. The zero-order valence-corrected chi connectivity index (χ0v) is 18.9. The maximum Gasteiger partial charge on any atom is 0.332 e. The standard InChI is InChI=1S/C22H26N4O3S/c1-12(2)15-10-23-20-18(21(28)26(6)22(29)25(20)5)19(15)30-11-17(27)24-16-9-13(3)7-8-14(16)4/h7-10,12H,11H2,1-6H3,(H,24,27). The fraction of sp³-hybridized carbons (Fsp3) is 0.364.